The first kappa shape index (κ1) is 19.3. The predicted molar refractivity (Wildman–Crippen MR) is 107 cm³/mol. The summed E-state index contributed by atoms with van der Waals surface area (Å²) in [6.07, 6.45) is 2.50. The van der Waals surface area contributed by atoms with Crippen LogP contribution in [0.1, 0.15) is 36.2 Å². The van der Waals surface area contributed by atoms with Gasteiger partial charge in [-0.05, 0) is 39.3 Å². The summed E-state index contributed by atoms with van der Waals surface area (Å²) in [6, 6.07) is 7.75. The van der Waals surface area contributed by atoms with Gasteiger partial charge in [0.1, 0.15) is 11.4 Å². The summed E-state index contributed by atoms with van der Waals surface area (Å²) >= 11 is 0. The van der Waals surface area contributed by atoms with Crippen molar-refractivity contribution in [2.45, 2.75) is 27.2 Å². The third-order valence-electron chi connectivity index (χ3n) is 5.32. The number of hydrogen-bond acceptors (Lipinski definition) is 4. The molecule has 27 heavy (non-hydrogen) atoms. The van der Waals surface area contributed by atoms with Gasteiger partial charge in [0.05, 0.1) is 0 Å². The van der Waals surface area contributed by atoms with Crippen LogP contribution < -0.4 is 5.56 Å². The standard InChI is InChI=1S/C21H28N4O2/c1-4-24-11-10-16(13-24)14-25(5-2)21(27)18-12-22-19(23-20(18)26)17-8-6-15(3)7-9-17/h6-9,12,16H,4-5,10-11,13-14H2,1-3H3,(H,22,23,26)/t16-/m1/s1. The van der Waals surface area contributed by atoms with E-state index in [0.29, 0.717) is 24.8 Å². The molecule has 1 aliphatic heterocycles. The molecule has 2 heterocycles. The molecule has 1 aromatic carbocycles. The summed E-state index contributed by atoms with van der Waals surface area (Å²) < 4.78 is 0. The van der Waals surface area contributed by atoms with Gasteiger partial charge >= 0.3 is 0 Å². The normalized spacial score (nSPS) is 17.2. The number of nitrogens with zero attached hydrogens (tertiary/aromatic N) is 3. The van der Waals surface area contributed by atoms with Crippen molar-refractivity contribution in [3.8, 4) is 11.4 Å². The van der Waals surface area contributed by atoms with Gasteiger partial charge in [-0.1, -0.05) is 36.8 Å². The van der Waals surface area contributed by atoms with E-state index < -0.39 is 0 Å². The van der Waals surface area contributed by atoms with Gasteiger partial charge in [0.25, 0.3) is 11.5 Å². The topological polar surface area (TPSA) is 69.3 Å². The Morgan fingerprint density at radius 3 is 2.63 bits per heavy atom. The molecule has 2 aromatic rings. The van der Waals surface area contributed by atoms with Gasteiger partial charge in [-0.3, -0.25) is 9.59 Å². The average molecular weight is 368 g/mol. The highest BCUT2D eigenvalue weighted by atomic mass is 16.2. The van der Waals surface area contributed by atoms with Crippen LogP contribution >= 0.6 is 0 Å². The fraction of sp³-hybridized carbons (Fsp3) is 0.476. The zero-order valence-electron chi connectivity index (χ0n) is 16.4. The average Bonchev–Trinajstić information content (AvgIpc) is 3.14. The molecule has 0 aliphatic carbocycles. The summed E-state index contributed by atoms with van der Waals surface area (Å²) in [5, 5.41) is 0. The van der Waals surface area contributed by atoms with Gasteiger partial charge in [-0.25, -0.2) is 4.98 Å². The van der Waals surface area contributed by atoms with Gasteiger partial charge < -0.3 is 14.8 Å². The molecule has 1 saturated heterocycles. The van der Waals surface area contributed by atoms with Gasteiger partial charge in [-0.2, -0.15) is 0 Å². The summed E-state index contributed by atoms with van der Waals surface area (Å²) in [4.78, 5) is 36.7. The first-order valence-corrected chi connectivity index (χ1v) is 9.69. The molecule has 1 N–H and O–H groups in total. The Labute approximate surface area is 160 Å². The summed E-state index contributed by atoms with van der Waals surface area (Å²) in [7, 11) is 0. The lowest BCUT2D eigenvalue weighted by atomic mass is 10.1. The van der Waals surface area contributed by atoms with Crippen LogP contribution in [-0.4, -0.2) is 58.4 Å². The Hall–Kier alpha value is -2.47. The highest BCUT2D eigenvalue weighted by Crippen LogP contribution is 2.18. The van der Waals surface area contributed by atoms with Crippen LogP contribution in [0.3, 0.4) is 0 Å². The van der Waals surface area contributed by atoms with Crippen molar-refractivity contribution in [3.63, 3.8) is 0 Å². The largest absolute Gasteiger partial charge is 0.338 e. The van der Waals surface area contributed by atoms with Gasteiger partial charge in [-0.15, -0.1) is 0 Å². The second kappa shape index (κ2) is 8.48. The minimum Gasteiger partial charge on any atom is -0.338 e. The molecule has 6 heteroatoms. The van der Waals surface area contributed by atoms with Crippen LogP contribution in [0.4, 0.5) is 0 Å². The first-order chi connectivity index (χ1) is 13.0. The molecular formula is C21H28N4O2. The van der Waals surface area contributed by atoms with E-state index in [1.165, 1.54) is 6.20 Å². The number of amides is 1. The molecule has 144 valence electrons. The molecule has 1 atom stereocenters. The molecule has 1 aromatic heterocycles. The van der Waals surface area contributed by atoms with E-state index in [4.69, 9.17) is 0 Å². The Kier molecular flexibility index (Phi) is 6.06. The first-order valence-electron chi connectivity index (χ1n) is 9.69. The van der Waals surface area contributed by atoms with E-state index in [1.54, 1.807) is 4.90 Å². The number of H-pyrrole nitrogens is 1. The van der Waals surface area contributed by atoms with Crippen molar-refractivity contribution in [1.29, 1.82) is 0 Å². The van der Waals surface area contributed by atoms with Gasteiger partial charge in [0.2, 0.25) is 0 Å². The lowest BCUT2D eigenvalue weighted by Gasteiger charge is -2.24. The lowest BCUT2D eigenvalue weighted by molar-refractivity contribution is 0.0737. The second-order valence-corrected chi connectivity index (χ2v) is 7.23. The number of rotatable bonds is 6. The zero-order valence-corrected chi connectivity index (χ0v) is 16.4. The van der Waals surface area contributed by atoms with Crippen LogP contribution in [-0.2, 0) is 0 Å². The smallest absolute Gasteiger partial charge is 0.264 e. The third-order valence-corrected chi connectivity index (χ3v) is 5.32. The minimum atomic E-state index is -0.384. The molecule has 0 unspecified atom stereocenters. The summed E-state index contributed by atoms with van der Waals surface area (Å²) in [6.45, 7) is 10.5. The molecule has 0 bridgehead atoms. The molecule has 1 fully saturated rings. The fourth-order valence-electron chi connectivity index (χ4n) is 3.59. The maximum Gasteiger partial charge on any atom is 0.264 e. The van der Waals surface area contributed by atoms with Crippen LogP contribution in [0.5, 0.6) is 0 Å². The number of carbonyl (C=O) groups excluding carboxylic acids is 1. The number of hydrogen-bond donors (Lipinski definition) is 1. The lowest BCUT2D eigenvalue weighted by Crippen LogP contribution is -2.38. The number of nitrogens with one attached hydrogen (secondary N) is 1. The van der Waals surface area contributed by atoms with Crippen molar-refractivity contribution in [2.75, 3.05) is 32.7 Å². The number of aryl methyl sites for hydroxylation is 1. The number of benzene rings is 1. The SMILES string of the molecule is CCN1CC[C@@H](CN(CC)C(=O)c2cnc(-c3ccc(C)cc3)[nH]c2=O)C1. The Morgan fingerprint density at radius 2 is 2.04 bits per heavy atom. The van der Waals surface area contributed by atoms with Gasteiger partial charge in [0, 0.05) is 31.4 Å². The van der Waals surface area contributed by atoms with E-state index in [1.807, 2.05) is 38.1 Å². The number of likely N-dealkylation sites (tertiary alicyclic amines) is 1. The third kappa shape index (κ3) is 4.45. The van der Waals surface area contributed by atoms with Crippen molar-refractivity contribution in [3.05, 3.63) is 51.9 Å². The van der Waals surface area contributed by atoms with Crippen molar-refractivity contribution in [1.82, 2.24) is 19.8 Å². The summed E-state index contributed by atoms with van der Waals surface area (Å²) in [5.74, 6) is 0.707. The predicted octanol–water partition coefficient (Wildman–Crippen LogP) is 2.55. The second-order valence-electron chi connectivity index (χ2n) is 7.23. The Morgan fingerprint density at radius 1 is 1.30 bits per heavy atom. The van der Waals surface area contributed by atoms with Crippen LogP contribution in [0.15, 0.2) is 35.3 Å². The molecule has 3 rings (SSSR count). The van der Waals surface area contributed by atoms with Crippen molar-refractivity contribution < 1.29 is 4.79 Å². The number of aromatic nitrogens is 2. The minimum absolute atomic E-state index is 0.109. The Balaban J connectivity index is 1.75. The quantitative estimate of drug-likeness (QED) is 0.851. The van der Waals surface area contributed by atoms with E-state index in [2.05, 4.69) is 21.8 Å². The summed E-state index contributed by atoms with van der Waals surface area (Å²) in [5.41, 5.74) is 1.69. The zero-order chi connectivity index (χ0) is 19.4. The molecule has 0 spiro atoms. The molecule has 6 nitrogen and oxygen atoms in total. The van der Waals surface area contributed by atoms with Crippen molar-refractivity contribution in [2.24, 2.45) is 5.92 Å². The van der Waals surface area contributed by atoms with E-state index >= 15 is 0 Å². The highest BCUT2D eigenvalue weighted by molar-refractivity contribution is 5.93. The van der Waals surface area contributed by atoms with Crippen molar-refractivity contribution >= 4 is 5.91 Å². The van der Waals surface area contributed by atoms with E-state index in [0.717, 1.165) is 37.2 Å². The van der Waals surface area contributed by atoms with Crippen LogP contribution in [0.25, 0.3) is 11.4 Å². The van der Waals surface area contributed by atoms with Crippen LogP contribution in [0, 0.1) is 12.8 Å². The molecule has 0 saturated carbocycles. The maximum absolute atomic E-state index is 12.9. The molecule has 1 aliphatic rings. The molecular weight excluding hydrogens is 340 g/mol. The highest BCUT2D eigenvalue weighted by Gasteiger charge is 2.26. The number of carbonyl (C=O) groups is 1. The molecule has 0 radical (unpaired) electrons. The van der Waals surface area contributed by atoms with E-state index in [9.17, 15) is 9.59 Å². The maximum atomic E-state index is 12.9. The molecule has 1 amide bonds. The van der Waals surface area contributed by atoms with Crippen LogP contribution in [0.2, 0.25) is 0 Å². The Bertz CT molecular complexity index is 844. The van der Waals surface area contributed by atoms with Gasteiger partial charge in [0.15, 0.2) is 0 Å². The fourth-order valence-corrected chi connectivity index (χ4v) is 3.59. The number of aromatic amines is 1. The monoisotopic (exact) mass is 368 g/mol. The van der Waals surface area contributed by atoms with E-state index in [-0.39, 0.29) is 17.0 Å².